The first-order valence-corrected chi connectivity index (χ1v) is 14.4. The van der Waals surface area contributed by atoms with Crippen molar-refractivity contribution >= 4 is 28.8 Å². The highest BCUT2D eigenvalue weighted by Crippen LogP contribution is 2.50. The molecule has 0 spiro atoms. The summed E-state index contributed by atoms with van der Waals surface area (Å²) < 4.78 is 13.6. The molecule has 40 heavy (non-hydrogen) atoms. The fraction of sp³-hybridized carbons (Fsp3) is 0.500. The average Bonchev–Trinajstić information content (AvgIpc) is 3.56. The van der Waals surface area contributed by atoms with Crippen molar-refractivity contribution < 1.29 is 9.26 Å². The summed E-state index contributed by atoms with van der Waals surface area (Å²) in [6, 6.07) is 2.03. The summed E-state index contributed by atoms with van der Waals surface area (Å²) in [7, 11) is 1.74. The summed E-state index contributed by atoms with van der Waals surface area (Å²) in [5.41, 5.74) is 5.86. The molecule has 0 saturated heterocycles. The van der Waals surface area contributed by atoms with Gasteiger partial charge in [-0.2, -0.15) is 0 Å². The topological polar surface area (TPSA) is 114 Å². The molecule has 0 fully saturated rings. The number of nitrogens with one attached hydrogen (secondary N) is 1. The third-order valence-corrected chi connectivity index (χ3v) is 7.66. The van der Waals surface area contributed by atoms with Crippen LogP contribution in [-0.4, -0.2) is 50.6 Å². The zero-order valence-corrected chi connectivity index (χ0v) is 24.3. The van der Waals surface area contributed by atoms with Crippen molar-refractivity contribution in [3.05, 3.63) is 52.0 Å². The third-order valence-electron chi connectivity index (χ3n) is 7.66. The number of anilines is 1. The molecule has 3 aliphatic rings. The van der Waals surface area contributed by atoms with Gasteiger partial charge in [0, 0.05) is 37.2 Å². The number of hydrogen-bond acceptors (Lipinski definition) is 8. The zero-order valence-electron chi connectivity index (χ0n) is 24.3. The molecule has 212 valence electrons. The lowest BCUT2D eigenvalue weighted by Gasteiger charge is -2.48. The second kappa shape index (κ2) is 11.3. The smallest absolute Gasteiger partial charge is 0.439 e. The molecule has 0 radical (unpaired) electrons. The Morgan fingerprint density at radius 3 is 2.80 bits per heavy atom. The van der Waals surface area contributed by atoms with Gasteiger partial charge in [0.2, 0.25) is 11.8 Å². The van der Waals surface area contributed by atoms with E-state index in [9.17, 15) is 4.79 Å². The van der Waals surface area contributed by atoms with E-state index < -0.39 is 5.76 Å². The van der Waals surface area contributed by atoms with E-state index in [1.54, 1.807) is 13.3 Å². The molecule has 3 aromatic rings. The number of fused-ring (bicyclic) bond motifs is 4. The Labute approximate surface area is 234 Å². The number of aliphatic imine (C=N–C) groups is 1. The van der Waals surface area contributed by atoms with Crippen molar-refractivity contribution in [2.45, 2.75) is 78.9 Å². The minimum atomic E-state index is -0.632. The summed E-state index contributed by atoms with van der Waals surface area (Å²) in [5, 5.41) is 3.89. The quantitative estimate of drug-likeness (QED) is 0.296. The summed E-state index contributed by atoms with van der Waals surface area (Å²) in [4.78, 5) is 31.3. The van der Waals surface area contributed by atoms with E-state index in [0.29, 0.717) is 17.3 Å². The van der Waals surface area contributed by atoms with Crippen molar-refractivity contribution in [3.63, 3.8) is 0 Å². The van der Waals surface area contributed by atoms with Gasteiger partial charge >= 0.3 is 5.76 Å². The zero-order chi connectivity index (χ0) is 28.6. The third kappa shape index (κ3) is 4.69. The number of hydrogen-bond donors (Lipinski definition) is 1. The first-order valence-electron chi connectivity index (χ1n) is 14.4. The van der Waals surface area contributed by atoms with Crippen molar-refractivity contribution in [1.29, 1.82) is 0 Å². The highest BCUT2D eigenvalue weighted by Gasteiger charge is 2.45. The second-order valence-electron chi connectivity index (χ2n) is 10.5. The first-order chi connectivity index (χ1) is 19.4. The predicted octanol–water partition coefficient (Wildman–Crippen LogP) is 6.05. The fourth-order valence-corrected chi connectivity index (χ4v) is 6.20. The minimum Gasteiger partial charge on any atom is -0.491 e. The van der Waals surface area contributed by atoms with Gasteiger partial charge in [-0.1, -0.05) is 44.5 Å². The van der Waals surface area contributed by atoms with Gasteiger partial charge in [0.15, 0.2) is 0 Å². The molecule has 3 unspecified atom stereocenters. The van der Waals surface area contributed by atoms with Gasteiger partial charge in [-0.3, -0.25) is 14.5 Å². The number of ether oxygens (including phenoxy) is 1. The summed E-state index contributed by atoms with van der Waals surface area (Å²) >= 11 is 0. The number of rotatable bonds is 6. The molecule has 1 aliphatic carbocycles. The number of imidazole rings is 1. The molecular weight excluding hydrogens is 506 g/mol. The summed E-state index contributed by atoms with van der Waals surface area (Å²) in [6.07, 6.45) is 9.15. The number of aromatic amines is 1. The van der Waals surface area contributed by atoms with E-state index in [4.69, 9.17) is 19.2 Å². The van der Waals surface area contributed by atoms with Gasteiger partial charge in [0.1, 0.15) is 17.6 Å². The van der Waals surface area contributed by atoms with E-state index in [-0.39, 0.29) is 18.0 Å². The van der Waals surface area contributed by atoms with Gasteiger partial charge in [0.25, 0.3) is 0 Å². The molecule has 3 atom stereocenters. The Bertz CT molecular complexity index is 1570. The van der Waals surface area contributed by atoms with Crippen LogP contribution in [0.3, 0.4) is 0 Å². The van der Waals surface area contributed by atoms with Crippen LogP contribution in [0.2, 0.25) is 0 Å². The van der Waals surface area contributed by atoms with Gasteiger partial charge in [-0.15, -0.1) is 0 Å². The number of pyridine rings is 1. The maximum absolute atomic E-state index is 11.7. The molecule has 1 N–H and O–H groups in total. The highest BCUT2D eigenvalue weighted by atomic mass is 16.5. The molecule has 6 rings (SSSR count). The van der Waals surface area contributed by atoms with Crippen molar-refractivity contribution in [2.75, 3.05) is 18.5 Å². The Morgan fingerprint density at radius 2 is 2.12 bits per heavy atom. The molecule has 0 saturated carbocycles. The Kier molecular flexibility index (Phi) is 7.78. The highest BCUT2D eigenvalue weighted by molar-refractivity contribution is 6.14. The maximum Gasteiger partial charge on any atom is 0.439 e. The fourth-order valence-electron chi connectivity index (χ4n) is 6.20. The van der Waals surface area contributed by atoms with Crippen LogP contribution in [0, 0.1) is 5.92 Å². The molecule has 0 aromatic carbocycles. The van der Waals surface area contributed by atoms with Crippen LogP contribution < -0.4 is 10.7 Å². The lowest BCUT2D eigenvalue weighted by Crippen LogP contribution is -2.48. The normalized spacial score (nSPS) is 22.1. The Balaban J connectivity index is 0.00000158. The molecule has 5 heterocycles. The second-order valence-corrected chi connectivity index (χ2v) is 10.5. The summed E-state index contributed by atoms with van der Waals surface area (Å²) in [6.45, 7) is 15.3. The van der Waals surface area contributed by atoms with E-state index in [0.717, 1.165) is 72.5 Å². The van der Waals surface area contributed by atoms with E-state index in [1.165, 1.54) is 5.70 Å². The molecular formula is C30H39N7O3. The van der Waals surface area contributed by atoms with E-state index in [2.05, 4.69) is 45.0 Å². The van der Waals surface area contributed by atoms with Crippen molar-refractivity contribution in [2.24, 2.45) is 10.9 Å². The van der Waals surface area contributed by atoms with Crippen LogP contribution in [0.5, 0.6) is 0 Å². The standard InChI is InChI=1S/C28H33N7O3.C2H6/c1-6-8-18-14-34-24-19(9-7-10-22(24)37-18)16(4)35-25-20(31-27(34)35)12-21(26-32-28(36)38-33-26)30-23(25)17(13-29-5)11-15(2)3;1-2/h11-13,16,18-19H,2,6-10,14H2,1,3-5H3,(H,32,33,36);1-2H3/b17-11+,29-13?;. The summed E-state index contributed by atoms with van der Waals surface area (Å²) in [5.74, 6) is 2.00. The maximum atomic E-state index is 11.7. The van der Waals surface area contributed by atoms with Crippen LogP contribution in [0.4, 0.5) is 5.95 Å². The van der Waals surface area contributed by atoms with Gasteiger partial charge < -0.3 is 14.2 Å². The van der Waals surface area contributed by atoms with Gasteiger partial charge in [0.05, 0.1) is 29.0 Å². The van der Waals surface area contributed by atoms with E-state index in [1.807, 2.05) is 32.9 Å². The van der Waals surface area contributed by atoms with Gasteiger partial charge in [-0.25, -0.2) is 14.8 Å². The largest absolute Gasteiger partial charge is 0.491 e. The molecule has 10 nitrogen and oxygen atoms in total. The van der Waals surface area contributed by atoms with Crippen LogP contribution in [0.25, 0.3) is 28.1 Å². The number of nitrogens with zero attached hydrogens (tertiary/aromatic N) is 6. The monoisotopic (exact) mass is 545 g/mol. The predicted molar refractivity (Wildman–Crippen MR) is 158 cm³/mol. The van der Waals surface area contributed by atoms with Crippen LogP contribution in [0.1, 0.15) is 78.5 Å². The lowest BCUT2D eigenvalue weighted by molar-refractivity contribution is 0.0724. The van der Waals surface area contributed by atoms with Crippen molar-refractivity contribution in [3.8, 4) is 11.5 Å². The Morgan fingerprint density at radius 1 is 1.32 bits per heavy atom. The number of aromatic nitrogens is 5. The average molecular weight is 546 g/mol. The Hall–Kier alpha value is -3.95. The molecule has 0 amide bonds. The first kappa shape index (κ1) is 27.6. The van der Waals surface area contributed by atoms with E-state index >= 15 is 0 Å². The minimum absolute atomic E-state index is 0.138. The van der Waals surface area contributed by atoms with Gasteiger partial charge in [-0.05, 0) is 45.3 Å². The lowest BCUT2D eigenvalue weighted by atomic mass is 9.82. The van der Waals surface area contributed by atoms with Crippen LogP contribution in [-0.2, 0) is 4.74 Å². The molecule has 10 heteroatoms. The molecule has 3 aromatic heterocycles. The SMILES string of the molecule is C=C(C)/C=C(\C=NC)c1nc(-c2noc(=O)[nH]2)cc2nc3n(c12)C(C)C1CCCC2=C1N3CC(CCC)O2.CC. The number of H-pyrrole nitrogens is 1. The van der Waals surface area contributed by atoms with Crippen molar-refractivity contribution in [1.82, 2.24) is 24.7 Å². The molecule has 0 bridgehead atoms. The van der Waals surface area contributed by atoms with Crippen LogP contribution in [0.15, 0.2) is 50.1 Å². The molecule has 2 aliphatic heterocycles. The number of allylic oxidation sites excluding steroid dienone is 5. The van der Waals surface area contributed by atoms with Crippen LogP contribution >= 0.6 is 0 Å².